The van der Waals surface area contributed by atoms with Crippen LogP contribution in [-0.4, -0.2) is 17.6 Å². The van der Waals surface area contributed by atoms with Crippen molar-refractivity contribution in [2.75, 3.05) is 6.61 Å². The average molecular weight is 363 g/mol. The van der Waals surface area contributed by atoms with E-state index in [1.54, 1.807) is 6.92 Å². The van der Waals surface area contributed by atoms with Crippen LogP contribution in [0.3, 0.4) is 0 Å². The Morgan fingerprint density at radius 1 is 1.29 bits per heavy atom. The standard InChI is InChI=1S/C12H13Br2NO2/c1-2-17-12(16)10-9(13)7-5-3-4-6-8(7)11(14)15-10/h2-6H2,1H3. The summed E-state index contributed by atoms with van der Waals surface area (Å²) < 4.78 is 6.58. The molecule has 2 rings (SSSR count). The molecule has 0 amide bonds. The summed E-state index contributed by atoms with van der Waals surface area (Å²) in [4.78, 5) is 16.1. The number of hydrogen-bond donors (Lipinski definition) is 0. The van der Waals surface area contributed by atoms with Crippen molar-refractivity contribution >= 4 is 37.8 Å². The van der Waals surface area contributed by atoms with Gasteiger partial charge < -0.3 is 4.74 Å². The summed E-state index contributed by atoms with van der Waals surface area (Å²) in [7, 11) is 0. The maximum absolute atomic E-state index is 11.8. The fraction of sp³-hybridized carbons (Fsp3) is 0.500. The van der Waals surface area contributed by atoms with Crippen molar-refractivity contribution in [2.45, 2.75) is 32.6 Å². The molecule has 0 aliphatic heterocycles. The van der Waals surface area contributed by atoms with Crippen LogP contribution in [0.1, 0.15) is 41.4 Å². The first kappa shape index (κ1) is 13.0. The van der Waals surface area contributed by atoms with Gasteiger partial charge in [-0.3, -0.25) is 0 Å². The number of esters is 1. The molecule has 5 heteroatoms. The Hall–Kier alpha value is -0.420. The first-order valence-corrected chi connectivity index (χ1v) is 7.27. The maximum Gasteiger partial charge on any atom is 0.358 e. The largest absolute Gasteiger partial charge is 0.461 e. The fourth-order valence-corrected chi connectivity index (χ4v) is 3.37. The molecule has 0 saturated carbocycles. The lowest BCUT2D eigenvalue weighted by Crippen LogP contribution is -2.14. The van der Waals surface area contributed by atoms with Crippen molar-refractivity contribution in [3.63, 3.8) is 0 Å². The van der Waals surface area contributed by atoms with Crippen LogP contribution < -0.4 is 0 Å². The number of pyridine rings is 1. The molecule has 0 N–H and O–H groups in total. The van der Waals surface area contributed by atoms with Gasteiger partial charge in [0.25, 0.3) is 0 Å². The second-order valence-corrected chi connectivity index (χ2v) is 5.49. The number of fused-ring (bicyclic) bond motifs is 1. The van der Waals surface area contributed by atoms with E-state index in [-0.39, 0.29) is 5.97 Å². The highest BCUT2D eigenvalue weighted by Crippen LogP contribution is 2.34. The third kappa shape index (κ3) is 2.55. The van der Waals surface area contributed by atoms with E-state index >= 15 is 0 Å². The molecule has 0 radical (unpaired) electrons. The topological polar surface area (TPSA) is 39.2 Å². The monoisotopic (exact) mass is 361 g/mol. The van der Waals surface area contributed by atoms with Crippen LogP contribution in [0.5, 0.6) is 0 Å². The van der Waals surface area contributed by atoms with Crippen LogP contribution in [0.25, 0.3) is 0 Å². The normalized spacial score (nSPS) is 14.3. The second kappa shape index (κ2) is 5.48. The van der Waals surface area contributed by atoms with E-state index in [0.717, 1.165) is 28.3 Å². The Morgan fingerprint density at radius 3 is 2.59 bits per heavy atom. The summed E-state index contributed by atoms with van der Waals surface area (Å²) in [6.45, 7) is 2.15. The molecule has 0 unspecified atom stereocenters. The van der Waals surface area contributed by atoms with Gasteiger partial charge in [-0.05, 0) is 75.6 Å². The predicted octanol–water partition coefficient (Wildman–Crippen LogP) is 3.66. The van der Waals surface area contributed by atoms with Gasteiger partial charge in [0, 0.05) is 0 Å². The minimum atomic E-state index is -0.367. The van der Waals surface area contributed by atoms with Crippen molar-refractivity contribution in [1.29, 1.82) is 0 Å². The molecule has 0 fully saturated rings. The fourth-order valence-electron chi connectivity index (χ4n) is 2.07. The number of aromatic nitrogens is 1. The molecule has 1 aromatic rings. The van der Waals surface area contributed by atoms with E-state index in [1.165, 1.54) is 17.5 Å². The number of hydrogen-bond acceptors (Lipinski definition) is 3. The first-order chi connectivity index (χ1) is 8.15. The predicted molar refractivity (Wildman–Crippen MR) is 72.2 cm³/mol. The van der Waals surface area contributed by atoms with Gasteiger partial charge in [0.15, 0.2) is 5.69 Å². The van der Waals surface area contributed by atoms with Crippen molar-refractivity contribution in [3.05, 3.63) is 25.9 Å². The van der Waals surface area contributed by atoms with Crippen LogP contribution in [-0.2, 0) is 17.6 Å². The van der Waals surface area contributed by atoms with Crippen molar-refractivity contribution in [1.82, 2.24) is 4.98 Å². The molecule has 1 heterocycles. The molecule has 3 nitrogen and oxygen atoms in total. The summed E-state index contributed by atoms with van der Waals surface area (Å²) in [5.74, 6) is -0.367. The quantitative estimate of drug-likeness (QED) is 0.595. The molecule has 1 aromatic heterocycles. The third-order valence-corrected chi connectivity index (χ3v) is 4.38. The summed E-state index contributed by atoms with van der Waals surface area (Å²) in [5, 5.41) is 0. The van der Waals surface area contributed by atoms with E-state index < -0.39 is 0 Å². The van der Waals surface area contributed by atoms with Crippen LogP contribution in [0.15, 0.2) is 9.08 Å². The summed E-state index contributed by atoms with van der Waals surface area (Å²) in [6.07, 6.45) is 4.34. The van der Waals surface area contributed by atoms with Crippen LogP contribution in [0, 0.1) is 0 Å². The Morgan fingerprint density at radius 2 is 1.94 bits per heavy atom. The summed E-state index contributed by atoms with van der Waals surface area (Å²) in [6, 6.07) is 0. The zero-order chi connectivity index (χ0) is 12.4. The molecule has 1 aliphatic carbocycles. The number of rotatable bonds is 2. The molecule has 0 aromatic carbocycles. The minimum Gasteiger partial charge on any atom is -0.461 e. The highest BCUT2D eigenvalue weighted by molar-refractivity contribution is 9.11. The van der Waals surface area contributed by atoms with Gasteiger partial charge >= 0.3 is 5.97 Å². The van der Waals surface area contributed by atoms with Gasteiger partial charge in [-0.2, -0.15) is 0 Å². The van der Waals surface area contributed by atoms with Crippen molar-refractivity contribution in [2.24, 2.45) is 0 Å². The molecular formula is C12H13Br2NO2. The van der Waals surface area contributed by atoms with E-state index in [2.05, 4.69) is 36.8 Å². The van der Waals surface area contributed by atoms with E-state index in [0.29, 0.717) is 12.3 Å². The zero-order valence-electron chi connectivity index (χ0n) is 9.56. The van der Waals surface area contributed by atoms with Gasteiger partial charge in [-0.15, -0.1) is 0 Å². The molecule has 0 saturated heterocycles. The number of halogens is 2. The smallest absolute Gasteiger partial charge is 0.358 e. The highest BCUT2D eigenvalue weighted by Gasteiger charge is 2.23. The number of carbonyl (C=O) groups is 1. The number of nitrogens with zero attached hydrogens (tertiary/aromatic N) is 1. The lowest BCUT2D eigenvalue weighted by Gasteiger charge is -2.19. The average Bonchev–Trinajstić information content (AvgIpc) is 2.34. The second-order valence-electron chi connectivity index (χ2n) is 3.95. The summed E-state index contributed by atoms with van der Waals surface area (Å²) in [5.41, 5.74) is 2.79. The molecule has 1 aliphatic rings. The van der Waals surface area contributed by atoms with Crippen LogP contribution >= 0.6 is 31.9 Å². The molecule has 17 heavy (non-hydrogen) atoms. The SMILES string of the molecule is CCOC(=O)c1nc(Br)c2c(c1Br)CCCC2. The molecule has 0 atom stereocenters. The van der Waals surface area contributed by atoms with E-state index in [4.69, 9.17) is 4.74 Å². The van der Waals surface area contributed by atoms with E-state index in [9.17, 15) is 4.79 Å². The number of carbonyl (C=O) groups excluding carboxylic acids is 1. The lowest BCUT2D eigenvalue weighted by atomic mass is 9.93. The lowest BCUT2D eigenvalue weighted by molar-refractivity contribution is 0.0518. The third-order valence-electron chi connectivity index (χ3n) is 2.87. The molecule has 92 valence electrons. The Labute approximate surface area is 117 Å². The summed E-state index contributed by atoms with van der Waals surface area (Å²) >= 11 is 6.93. The van der Waals surface area contributed by atoms with Crippen molar-refractivity contribution < 1.29 is 9.53 Å². The van der Waals surface area contributed by atoms with Gasteiger partial charge in [-0.1, -0.05) is 0 Å². The van der Waals surface area contributed by atoms with Gasteiger partial charge in [0.05, 0.1) is 11.1 Å². The van der Waals surface area contributed by atoms with E-state index in [1.807, 2.05) is 0 Å². The van der Waals surface area contributed by atoms with Gasteiger partial charge in [0.2, 0.25) is 0 Å². The van der Waals surface area contributed by atoms with Gasteiger partial charge in [0.1, 0.15) is 4.60 Å². The van der Waals surface area contributed by atoms with Crippen LogP contribution in [0.2, 0.25) is 0 Å². The molecular weight excluding hydrogens is 350 g/mol. The molecule has 0 bridgehead atoms. The Balaban J connectivity index is 2.48. The molecule has 0 spiro atoms. The number of ether oxygens (including phenoxy) is 1. The highest BCUT2D eigenvalue weighted by atomic mass is 79.9. The van der Waals surface area contributed by atoms with Crippen LogP contribution in [0.4, 0.5) is 0 Å². The van der Waals surface area contributed by atoms with Gasteiger partial charge in [-0.25, -0.2) is 9.78 Å². The van der Waals surface area contributed by atoms with Crippen molar-refractivity contribution in [3.8, 4) is 0 Å². The zero-order valence-corrected chi connectivity index (χ0v) is 12.7. The Kier molecular flexibility index (Phi) is 4.20. The first-order valence-electron chi connectivity index (χ1n) is 5.69. The minimum absolute atomic E-state index is 0.363. The maximum atomic E-state index is 11.8. The Bertz CT molecular complexity index is 460.